The first kappa shape index (κ1) is 13.3. The highest BCUT2D eigenvalue weighted by molar-refractivity contribution is 7.14. The van der Waals surface area contributed by atoms with Gasteiger partial charge in [-0.2, -0.15) is 0 Å². The third kappa shape index (κ3) is 3.19. The number of amides is 2. The molecule has 2 heterocycles. The number of thiazole rings is 1. The van der Waals surface area contributed by atoms with Crippen LogP contribution >= 0.6 is 11.3 Å². The highest BCUT2D eigenvalue weighted by atomic mass is 32.1. The molecule has 100 valence electrons. The molecule has 19 heavy (non-hydrogen) atoms. The Bertz CT molecular complexity index is 603. The van der Waals surface area contributed by atoms with E-state index in [1.807, 2.05) is 0 Å². The topological polar surface area (TPSA) is 84.2 Å². The van der Waals surface area contributed by atoms with Gasteiger partial charge in [0, 0.05) is 12.4 Å². The lowest BCUT2D eigenvalue weighted by Gasteiger charge is -1.99. The predicted molar refractivity (Wildman–Crippen MR) is 71.3 cm³/mol. The van der Waals surface area contributed by atoms with Gasteiger partial charge in [-0.3, -0.25) is 14.9 Å². The van der Waals surface area contributed by atoms with Crippen LogP contribution in [0, 0.1) is 6.92 Å². The normalized spacial score (nSPS) is 10.2. The molecule has 2 amide bonds. The Hall–Kier alpha value is -2.15. The van der Waals surface area contributed by atoms with Crippen molar-refractivity contribution in [3.05, 3.63) is 34.7 Å². The van der Waals surface area contributed by atoms with E-state index in [0.29, 0.717) is 22.1 Å². The van der Waals surface area contributed by atoms with Gasteiger partial charge in [0.1, 0.15) is 5.76 Å². The molecule has 2 aromatic rings. The number of carbonyl (C=O) groups excluding carboxylic acids is 2. The zero-order valence-corrected chi connectivity index (χ0v) is 11.3. The lowest BCUT2D eigenvalue weighted by atomic mass is 10.2. The second-order valence-electron chi connectivity index (χ2n) is 3.84. The summed E-state index contributed by atoms with van der Waals surface area (Å²) in [6.45, 7) is 1.72. The molecule has 0 saturated heterocycles. The van der Waals surface area contributed by atoms with Gasteiger partial charge >= 0.3 is 0 Å². The molecule has 0 radical (unpaired) electrons. The van der Waals surface area contributed by atoms with Crippen molar-refractivity contribution < 1.29 is 14.0 Å². The Morgan fingerprint density at radius 1 is 1.47 bits per heavy atom. The Labute approximate surface area is 113 Å². The van der Waals surface area contributed by atoms with E-state index in [2.05, 4.69) is 15.6 Å². The van der Waals surface area contributed by atoms with Gasteiger partial charge in [-0.1, -0.05) is 0 Å². The predicted octanol–water partition coefficient (Wildman–Crippen LogP) is 1.59. The zero-order chi connectivity index (χ0) is 13.8. The molecule has 0 spiro atoms. The van der Waals surface area contributed by atoms with Crippen molar-refractivity contribution >= 4 is 28.3 Å². The zero-order valence-electron chi connectivity index (χ0n) is 10.5. The summed E-state index contributed by atoms with van der Waals surface area (Å²) in [4.78, 5) is 27.3. The van der Waals surface area contributed by atoms with Crippen LogP contribution in [-0.4, -0.2) is 23.8 Å². The lowest BCUT2D eigenvalue weighted by molar-refractivity contribution is -0.120. The second kappa shape index (κ2) is 5.66. The Morgan fingerprint density at radius 2 is 2.26 bits per heavy atom. The van der Waals surface area contributed by atoms with E-state index in [1.54, 1.807) is 25.4 Å². The molecule has 0 bridgehead atoms. The largest absolute Gasteiger partial charge is 0.469 e. The van der Waals surface area contributed by atoms with Crippen molar-refractivity contribution in [2.75, 3.05) is 12.4 Å². The highest BCUT2D eigenvalue weighted by Gasteiger charge is 2.14. The molecular formula is C12H13N3O3S. The van der Waals surface area contributed by atoms with Gasteiger partial charge in [0.05, 0.1) is 23.9 Å². The summed E-state index contributed by atoms with van der Waals surface area (Å²) in [6, 6.07) is 1.60. The van der Waals surface area contributed by atoms with E-state index in [4.69, 9.17) is 4.42 Å². The van der Waals surface area contributed by atoms with Crippen molar-refractivity contribution in [1.29, 1.82) is 0 Å². The standard InChI is InChI=1S/C12H13N3O3S/c1-7-9(3-4-18-7)11(17)15-12-14-8(6-19-12)5-10(16)13-2/h3-4,6H,5H2,1-2H3,(H,13,16)(H,14,15,17). The summed E-state index contributed by atoms with van der Waals surface area (Å²) < 4.78 is 5.06. The van der Waals surface area contributed by atoms with Gasteiger partial charge in [-0.25, -0.2) is 4.98 Å². The van der Waals surface area contributed by atoms with E-state index in [9.17, 15) is 9.59 Å². The minimum atomic E-state index is -0.271. The van der Waals surface area contributed by atoms with Crippen molar-refractivity contribution in [3.63, 3.8) is 0 Å². The molecule has 0 fully saturated rings. The Balaban J connectivity index is 2.02. The van der Waals surface area contributed by atoms with Crippen LogP contribution in [-0.2, 0) is 11.2 Å². The quantitative estimate of drug-likeness (QED) is 0.890. The van der Waals surface area contributed by atoms with Crippen molar-refractivity contribution in [2.45, 2.75) is 13.3 Å². The number of furan rings is 1. The van der Waals surface area contributed by atoms with Crippen LogP contribution in [0.2, 0.25) is 0 Å². The van der Waals surface area contributed by atoms with Crippen LogP contribution in [0.1, 0.15) is 21.8 Å². The van der Waals surface area contributed by atoms with E-state index in [-0.39, 0.29) is 18.2 Å². The molecule has 6 nitrogen and oxygen atoms in total. The summed E-state index contributed by atoms with van der Waals surface area (Å²) >= 11 is 1.28. The molecule has 2 rings (SSSR count). The number of anilines is 1. The van der Waals surface area contributed by atoms with E-state index in [1.165, 1.54) is 17.6 Å². The summed E-state index contributed by atoms with van der Waals surface area (Å²) in [5, 5.41) is 7.40. The molecule has 2 N–H and O–H groups in total. The molecule has 0 atom stereocenters. The van der Waals surface area contributed by atoms with E-state index >= 15 is 0 Å². The van der Waals surface area contributed by atoms with Gasteiger partial charge in [-0.05, 0) is 13.0 Å². The van der Waals surface area contributed by atoms with E-state index < -0.39 is 0 Å². The van der Waals surface area contributed by atoms with Gasteiger partial charge < -0.3 is 9.73 Å². The second-order valence-corrected chi connectivity index (χ2v) is 4.70. The maximum Gasteiger partial charge on any atom is 0.260 e. The van der Waals surface area contributed by atoms with Crippen LogP contribution in [0.15, 0.2) is 22.1 Å². The molecule has 0 aliphatic carbocycles. The molecular weight excluding hydrogens is 266 g/mol. The maximum absolute atomic E-state index is 11.9. The fourth-order valence-corrected chi connectivity index (χ4v) is 2.19. The number of hydrogen-bond acceptors (Lipinski definition) is 5. The first-order chi connectivity index (χ1) is 9.10. The molecule has 7 heteroatoms. The SMILES string of the molecule is CNC(=O)Cc1csc(NC(=O)c2ccoc2C)n1. The van der Waals surface area contributed by atoms with Gasteiger partial charge in [0.15, 0.2) is 5.13 Å². The number of aromatic nitrogens is 1. The number of nitrogens with zero attached hydrogens (tertiary/aromatic N) is 1. The fourth-order valence-electron chi connectivity index (χ4n) is 1.48. The Kier molecular flexibility index (Phi) is 3.96. The molecule has 0 aromatic carbocycles. The number of likely N-dealkylation sites (N-methyl/N-ethyl adjacent to an activating group) is 1. The summed E-state index contributed by atoms with van der Waals surface area (Å²) in [7, 11) is 1.57. The van der Waals surface area contributed by atoms with Crippen LogP contribution in [0.25, 0.3) is 0 Å². The number of rotatable bonds is 4. The Morgan fingerprint density at radius 3 is 2.89 bits per heavy atom. The average molecular weight is 279 g/mol. The minimum absolute atomic E-state index is 0.117. The van der Waals surface area contributed by atoms with E-state index in [0.717, 1.165) is 0 Å². The lowest BCUT2D eigenvalue weighted by Crippen LogP contribution is -2.20. The monoisotopic (exact) mass is 279 g/mol. The first-order valence-corrected chi connectivity index (χ1v) is 6.48. The molecule has 0 aliphatic rings. The van der Waals surface area contributed by atoms with Crippen molar-refractivity contribution in [1.82, 2.24) is 10.3 Å². The molecule has 2 aromatic heterocycles. The smallest absolute Gasteiger partial charge is 0.260 e. The van der Waals surface area contributed by atoms with Crippen LogP contribution in [0.5, 0.6) is 0 Å². The van der Waals surface area contributed by atoms with Crippen LogP contribution in [0.4, 0.5) is 5.13 Å². The summed E-state index contributed by atoms with van der Waals surface area (Å²) in [5.41, 5.74) is 1.10. The fraction of sp³-hybridized carbons (Fsp3) is 0.250. The summed E-state index contributed by atoms with van der Waals surface area (Å²) in [5.74, 6) is 0.167. The molecule has 0 saturated carbocycles. The minimum Gasteiger partial charge on any atom is -0.469 e. The first-order valence-electron chi connectivity index (χ1n) is 5.60. The van der Waals surface area contributed by atoms with Gasteiger partial charge in [0.2, 0.25) is 5.91 Å². The van der Waals surface area contributed by atoms with Gasteiger partial charge in [0.25, 0.3) is 5.91 Å². The molecule has 0 aliphatic heterocycles. The maximum atomic E-state index is 11.9. The number of hydrogen-bond donors (Lipinski definition) is 2. The third-order valence-corrected chi connectivity index (χ3v) is 3.30. The average Bonchev–Trinajstić information content (AvgIpc) is 2.98. The van der Waals surface area contributed by atoms with Crippen LogP contribution in [0.3, 0.4) is 0 Å². The van der Waals surface area contributed by atoms with Gasteiger partial charge in [-0.15, -0.1) is 11.3 Å². The summed E-state index contributed by atoms with van der Waals surface area (Å²) in [6.07, 6.45) is 1.66. The number of carbonyl (C=O) groups is 2. The van der Waals surface area contributed by atoms with Crippen molar-refractivity contribution in [2.24, 2.45) is 0 Å². The number of nitrogens with one attached hydrogen (secondary N) is 2. The third-order valence-electron chi connectivity index (χ3n) is 2.50. The van der Waals surface area contributed by atoms with Crippen LogP contribution < -0.4 is 10.6 Å². The molecule has 0 unspecified atom stereocenters. The highest BCUT2D eigenvalue weighted by Crippen LogP contribution is 2.18. The van der Waals surface area contributed by atoms with Crippen molar-refractivity contribution in [3.8, 4) is 0 Å². The number of aryl methyl sites for hydroxylation is 1.